The smallest absolute Gasteiger partial charge is 0.413 e. The van der Waals surface area contributed by atoms with E-state index in [4.69, 9.17) is 14.3 Å². The number of carboxylic acids is 1. The van der Waals surface area contributed by atoms with Crippen molar-refractivity contribution < 1.29 is 34.1 Å². The maximum atomic E-state index is 11.7. The van der Waals surface area contributed by atoms with E-state index in [1.165, 1.54) is 19.2 Å². The van der Waals surface area contributed by atoms with Gasteiger partial charge in [-0.15, -0.1) is 11.3 Å². The van der Waals surface area contributed by atoms with Gasteiger partial charge >= 0.3 is 12.1 Å². The standard InChI is InChI=1S/C16H25N3O7S/c1-15(2,3)26-14(22)18-13-17-10(9-27-13)11(12(20)21)19-25-8-6-7-24-16(4,5)23/h9,23H,6-8H2,1-5H3,(H,20,21)(H,17,18,22)/b19-11-. The quantitative estimate of drug-likeness (QED) is 0.247. The Balaban J connectivity index is 2.61. The molecule has 0 aliphatic carbocycles. The van der Waals surface area contributed by atoms with Crippen LogP contribution >= 0.6 is 11.3 Å². The molecular weight excluding hydrogens is 378 g/mol. The van der Waals surface area contributed by atoms with Crippen molar-refractivity contribution in [3.05, 3.63) is 11.1 Å². The number of aliphatic carboxylic acids is 1. The second-order valence-electron chi connectivity index (χ2n) is 6.89. The molecule has 0 unspecified atom stereocenters. The van der Waals surface area contributed by atoms with Gasteiger partial charge in [-0.2, -0.15) is 0 Å². The van der Waals surface area contributed by atoms with E-state index in [1.807, 2.05) is 0 Å². The second-order valence-corrected chi connectivity index (χ2v) is 7.75. The van der Waals surface area contributed by atoms with Gasteiger partial charge in [-0.05, 0) is 34.6 Å². The molecule has 0 spiro atoms. The van der Waals surface area contributed by atoms with Crippen molar-refractivity contribution in [1.82, 2.24) is 4.98 Å². The SMILES string of the molecule is CC(C)(C)OC(=O)Nc1nc(/C(=N/OCCCOC(C)(C)O)C(=O)O)cs1. The highest BCUT2D eigenvalue weighted by atomic mass is 32.1. The number of rotatable bonds is 9. The van der Waals surface area contributed by atoms with Crippen LogP contribution in [-0.4, -0.2) is 57.6 Å². The van der Waals surface area contributed by atoms with Gasteiger partial charge in [0, 0.05) is 11.8 Å². The first-order valence-electron chi connectivity index (χ1n) is 8.13. The predicted molar refractivity (Wildman–Crippen MR) is 99.0 cm³/mol. The van der Waals surface area contributed by atoms with Crippen LogP contribution in [0.4, 0.5) is 9.93 Å². The largest absolute Gasteiger partial charge is 0.476 e. The van der Waals surface area contributed by atoms with Gasteiger partial charge in [-0.1, -0.05) is 5.16 Å². The summed E-state index contributed by atoms with van der Waals surface area (Å²) in [6, 6.07) is 0. The summed E-state index contributed by atoms with van der Waals surface area (Å²) in [5, 5.41) is 26.3. The molecule has 10 nitrogen and oxygen atoms in total. The summed E-state index contributed by atoms with van der Waals surface area (Å²) in [5.41, 5.74) is -1.01. The molecule has 152 valence electrons. The minimum Gasteiger partial charge on any atom is -0.476 e. The average Bonchev–Trinajstić information content (AvgIpc) is 2.90. The van der Waals surface area contributed by atoms with Crippen LogP contribution in [0.1, 0.15) is 46.7 Å². The van der Waals surface area contributed by atoms with Crippen molar-refractivity contribution in [1.29, 1.82) is 0 Å². The van der Waals surface area contributed by atoms with Crippen molar-refractivity contribution in [3.8, 4) is 0 Å². The van der Waals surface area contributed by atoms with E-state index in [1.54, 1.807) is 20.8 Å². The normalized spacial score (nSPS) is 12.6. The molecule has 1 aromatic heterocycles. The maximum absolute atomic E-state index is 11.7. The first-order valence-corrected chi connectivity index (χ1v) is 9.01. The molecule has 0 radical (unpaired) electrons. The molecule has 3 N–H and O–H groups in total. The molecule has 0 atom stereocenters. The van der Waals surface area contributed by atoms with Crippen LogP contribution in [0, 0.1) is 0 Å². The summed E-state index contributed by atoms with van der Waals surface area (Å²) in [6.45, 7) is 8.48. The Labute approximate surface area is 161 Å². The number of aliphatic hydroxyl groups is 1. The zero-order chi connectivity index (χ0) is 20.7. The molecular formula is C16H25N3O7S. The molecule has 1 heterocycles. The number of carbonyl (C=O) groups is 2. The van der Waals surface area contributed by atoms with E-state index in [-0.39, 0.29) is 24.0 Å². The summed E-state index contributed by atoms with van der Waals surface area (Å²) in [5.74, 6) is -2.56. The van der Waals surface area contributed by atoms with Crippen molar-refractivity contribution in [3.63, 3.8) is 0 Å². The minimum atomic E-state index is -1.32. The zero-order valence-electron chi connectivity index (χ0n) is 15.9. The van der Waals surface area contributed by atoms with Gasteiger partial charge < -0.3 is 24.5 Å². The van der Waals surface area contributed by atoms with Gasteiger partial charge in [-0.25, -0.2) is 14.6 Å². The van der Waals surface area contributed by atoms with Crippen LogP contribution in [0.3, 0.4) is 0 Å². The van der Waals surface area contributed by atoms with E-state index >= 15 is 0 Å². The van der Waals surface area contributed by atoms with Gasteiger partial charge in [0.1, 0.15) is 17.9 Å². The number of hydrogen-bond acceptors (Lipinski definition) is 9. The number of thiazole rings is 1. The van der Waals surface area contributed by atoms with Crippen LogP contribution in [0.2, 0.25) is 0 Å². The number of anilines is 1. The third kappa shape index (κ3) is 9.87. The van der Waals surface area contributed by atoms with Gasteiger partial charge in [0.2, 0.25) is 5.71 Å². The fraction of sp³-hybridized carbons (Fsp3) is 0.625. The number of ether oxygens (including phenoxy) is 2. The van der Waals surface area contributed by atoms with Gasteiger partial charge in [0.15, 0.2) is 10.9 Å². The highest BCUT2D eigenvalue weighted by Gasteiger charge is 2.20. The first-order chi connectivity index (χ1) is 12.4. The maximum Gasteiger partial charge on any atom is 0.413 e. The Kier molecular flexibility index (Phi) is 8.13. The molecule has 0 saturated carbocycles. The summed E-state index contributed by atoms with van der Waals surface area (Å²) in [4.78, 5) is 32.1. The van der Waals surface area contributed by atoms with Gasteiger partial charge in [-0.3, -0.25) is 5.32 Å². The third-order valence-electron chi connectivity index (χ3n) is 2.55. The minimum absolute atomic E-state index is 0.0475. The number of carbonyl (C=O) groups excluding carboxylic acids is 1. The lowest BCUT2D eigenvalue weighted by Gasteiger charge is -2.18. The summed E-state index contributed by atoms with van der Waals surface area (Å²) in [6.07, 6.45) is -0.289. The lowest BCUT2D eigenvalue weighted by Crippen LogP contribution is -2.27. The fourth-order valence-corrected chi connectivity index (χ4v) is 2.26. The second kappa shape index (κ2) is 9.62. The topological polar surface area (TPSA) is 140 Å². The highest BCUT2D eigenvalue weighted by Crippen LogP contribution is 2.18. The van der Waals surface area contributed by atoms with E-state index in [9.17, 15) is 19.8 Å². The number of hydrogen-bond donors (Lipinski definition) is 3. The van der Waals surface area contributed by atoms with Crippen LogP contribution in [0.5, 0.6) is 0 Å². The van der Waals surface area contributed by atoms with E-state index in [0.29, 0.717) is 6.42 Å². The average molecular weight is 403 g/mol. The number of carboxylic acid groups (broad SMARTS) is 1. The van der Waals surface area contributed by atoms with E-state index in [0.717, 1.165) is 11.3 Å². The molecule has 1 rings (SSSR count). The zero-order valence-corrected chi connectivity index (χ0v) is 16.8. The van der Waals surface area contributed by atoms with Crippen LogP contribution in [-0.2, 0) is 19.1 Å². The Morgan fingerprint density at radius 1 is 1.26 bits per heavy atom. The molecule has 0 fully saturated rings. The Morgan fingerprint density at radius 3 is 2.48 bits per heavy atom. The molecule has 1 aromatic rings. The first kappa shape index (κ1) is 22.8. The molecule has 0 saturated heterocycles. The molecule has 0 aliphatic heterocycles. The number of nitrogens with zero attached hydrogens (tertiary/aromatic N) is 2. The Hall–Kier alpha value is -2.24. The Bertz CT molecular complexity index is 674. The van der Waals surface area contributed by atoms with E-state index < -0.39 is 29.2 Å². The van der Waals surface area contributed by atoms with Gasteiger partial charge in [0.05, 0.1) is 6.61 Å². The molecule has 0 bridgehead atoms. The summed E-state index contributed by atoms with van der Waals surface area (Å²) in [7, 11) is 0. The Morgan fingerprint density at radius 2 is 1.93 bits per heavy atom. The summed E-state index contributed by atoms with van der Waals surface area (Å²) >= 11 is 1.03. The van der Waals surface area contributed by atoms with Crippen LogP contribution < -0.4 is 5.32 Å². The summed E-state index contributed by atoms with van der Waals surface area (Å²) < 4.78 is 10.2. The molecule has 27 heavy (non-hydrogen) atoms. The van der Waals surface area contributed by atoms with Crippen molar-refractivity contribution in [2.45, 2.75) is 52.4 Å². The molecule has 0 aliphatic rings. The number of nitrogens with one attached hydrogen (secondary N) is 1. The number of aromatic nitrogens is 1. The van der Waals surface area contributed by atoms with Crippen molar-refractivity contribution >= 4 is 34.2 Å². The predicted octanol–water partition coefficient (Wildman–Crippen LogP) is 2.43. The number of amides is 1. The van der Waals surface area contributed by atoms with E-state index in [2.05, 4.69) is 15.5 Å². The van der Waals surface area contributed by atoms with Crippen molar-refractivity contribution in [2.75, 3.05) is 18.5 Å². The van der Waals surface area contributed by atoms with Crippen LogP contribution in [0.25, 0.3) is 0 Å². The number of oxime groups is 1. The molecule has 1 amide bonds. The highest BCUT2D eigenvalue weighted by molar-refractivity contribution is 7.14. The van der Waals surface area contributed by atoms with Gasteiger partial charge in [0.25, 0.3) is 0 Å². The molecule has 0 aromatic carbocycles. The fourth-order valence-electron chi connectivity index (χ4n) is 1.58. The van der Waals surface area contributed by atoms with Crippen LogP contribution in [0.15, 0.2) is 10.5 Å². The monoisotopic (exact) mass is 403 g/mol. The lowest BCUT2D eigenvalue weighted by atomic mass is 10.2. The lowest BCUT2D eigenvalue weighted by molar-refractivity contribution is -0.177. The third-order valence-corrected chi connectivity index (χ3v) is 3.31. The van der Waals surface area contributed by atoms with Crippen molar-refractivity contribution in [2.24, 2.45) is 5.16 Å². The molecule has 11 heteroatoms.